The Morgan fingerprint density at radius 3 is 1.97 bits per heavy atom. The van der Waals surface area contributed by atoms with Crippen LogP contribution in [0.25, 0.3) is 0 Å². The zero-order valence-corrected chi connectivity index (χ0v) is 15.1. The number of benzene rings is 2. The lowest BCUT2D eigenvalue weighted by Crippen LogP contribution is -2.35. The van der Waals surface area contributed by atoms with Gasteiger partial charge in [-0.15, -0.1) is 23.4 Å². The number of tetrazole rings is 1. The predicted molar refractivity (Wildman–Crippen MR) is 89.0 cm³/mol. The minimum atomic E-state index is -4.98. The van der Waals surface area contributed by atoms with Crippen LogP contribution in [0.5, 0.6) is 5.75 Å². The Morgan fingerprint density at radius 1 is 0.867 bits per heavy atom. The molecule has 0 radical (unpaired) electrons. The number of hydrogen-bond acceptors (Lipinski definition) is 4. The van der Waals surface area contributed by atoms with Crippen LogP contribution in [-0.4, -0.2) is 26.6 Å². The van der Waals surface area contributed by atoms with Crippen LogP contribution in [0.1, 0.15) is 29.7 Å². The molecule has 1 aromatic heterocycles. The maximum Gasteiger partial charge on any atom is 0.573 e. The van der Waals surface area contributed by atoms with Gasteiger partial charge < -0.3 is 4.74 Å². The van der Waals surface area contributed by atoms with E-state index in [1.165, 1.54) is 13.0 Å². The summed E-state index contributed by atoms with van der Waals surface area (Å²) in [5, 5.41) is 10.7. The Bertz CT molecular complexity index is 987. The number of hydrogen-bond donors (Lipinski definition) is 0. The molecule has 0 bridgehead atoms. The molecule has 3 aromatic rings. The average Bonchev–Trinajstić information content (AvgIpc) is 3.20. The fourth-order valence-corrected chi connectivity index (χ4v) is 3.08. The first-order valence-corrected chi connectivity index (χ1v) is 8.37. The van der Waals surface area contributed by atoms with Crippen molar-refractivity contribution >= 4 is 0 Å². The van der Waals surface area contributed by atoms with E-state index in [1.54, 1.807) is 0 Å². The highest BCUT2D eigenvalue weighted by Crippen LogP contribution is 2.48. The Balaban J connectivity index is 2.18. The van der Waals surface area contributed by atoms with Crippen LogP contribution >= 0.6 is 0 Å². The van der Waals surface area contributed by atoms with Crippen molar-refractivity contribution in [3.8, 4) is 5.75 Å². The Hall–Kier alpha value is -3.18. The lowest BCUT2D eigenvalue weighted by atomic mass is 9.80. The summed E-state index contributed by atoms with van der Waals surface area (Å²) in [5.74, 6) is -0.649. The molecular weight excluding hydrogens is 421 g/mol. The van der Waals surface area contributed by atoms with Crippen molar-refractivity contribution in [2.75, 3.05) is 0 Å². The molecule has 12 heteroatoms. The summed E-state index contributed by atoms with van der Waals surface area (Å²) in [6, 6.07) is 6.03. The second-order valence-corrected chi connectivity index (χ2v) is 6.26. The van der Waals surface area contributed by atoms with E-state index in [1.807, 2.05) is 0 Å². The van der Waals surface area contributed by atoms with Gasteiger partial charge in [0.15, 0.2) is 12.0 Å². The fraction of sp³-hybridized carbons (Fsp3) is 0.278. The molecule has 0 fully saturated rings. The highest BCUT2D eigenvalue weighted by molar-refractivity contribution is 5.45. The normalized spacial score (nSPS) is 15.5. The van der Waals surface area contributed by atoms with Gasteiger partial charge in [-0.25, -0.2) is 4.39 Å². The average molecular weight is 434 g/mol. The highest BCUT2D eigenvalue weighted by atomic mass is 19.4. The van der Waals surface area contributed by atoms with Crippen LogP contribution in [0.4, 0.5) is 30.7 Å². The molecule has 5 nitrogen and oxygen atoms in total. The maximum absolute atomic E-state index is 16.6. The fourth-order valence-electron chi connectivity index (χ4n) is 3.08. The third-order valence-electron chi connectivity index (χ3n) is 4.42. The number of rotatable bonds is 5. The minimum absolute atomic E-state index is 0.349. The Morgan fingerprint density at radius 2 is 1.47 bits per heavy atom. The molecule has 0 saturated carbocycles. The van der Waals surface area contributed by atoms with E-state index in [0.29, 0.717) is 6.07 Å². The summed E-state index contributed by atoms with van der Waals surface area (Å²) in [6.45, 7) is 1.23. The SMILES string of the molecule is CC(n1ncnn1)C(F)(c1ccc(OC(F)(F)F)cc1)c1ccccc1C(F)(F)F. The smallest absolute Gasteiger partial charge is 0.406 e. The van der Waals surface area contributed by atoms with Gasteiger partial charge >= 0.3 is 12.5 Å². The van der Waals surface area contributed by atoms with Crippen molar-refractivity contribution < 1.29 is 35.5 Å². The zero-order valence-electron chi connectivity index (χ0n) is 15.1. The number of alkyl halides is 7. The quantitative estimate of drug-likeness (QED) is 0.527. The van der Waals surface area contributed by atoms with E-state index in [2.05, 4.69) is 20.1 Å². The second kappa shape index (κ2) is 7.58. The van der Waals surface area contributed by atoms with E-state index < -0.39 is 41.1 Å². The number of nitrogens with zero attached hydrogens (tertiary/aromatic N) is 4. The summed E-state index contributed by atoms with van der Waals surface area (Å²) in [7, 11) is 0. The molecule has 0 saturated heterocycles. The molecule has 3 rings (SSSR count). The third-order valence-corrected chi connectivity index (χ3v) is 4.42. The van der Waals surface area contributed by atoms with Crippen molar-refractivity contribution in [1.29, 1.82) is 0 Å². The van der Waals surface area contributed by atoms with Gasteiger partial charge in [0.2, 0.25) is 0 Å². The Labute approximate surface area is 165 Å². The lowest BCUT2D eigenvalue weighted by Gasteiger charge is -2.33. The van der Waals surface area contributed by atoms with E-state index >= 15 is 4.39 Å². The second-order valence-electron chi connectivity index (χ2n) is 6.26. The molecule has 0 aliphatic rings. The van der Waals surface area contributed by atoms with E-state index in [4.69, 9.17) is 0 Å². The monoisotopic (exact) mass is 434 g/mol. The van der Waals surface area contributed by atoms with E-state index in [9.17, 15) is 26.3 Å². The molecule has 2 unspecified atom stereocenters. The summed E-state index contributed by atoms with van der Waals surface area (Å²) < 4.78 is 98.3. The molecule has 0 aliphatic carbocycles. The summed E-state index contributed by atoms with van der Waals surface area (Å²) in [6.07, 6.45) is -8.88. The molecule has 0 amide bonds. The van der Waals surface area contributed by atoms with Crippen LogP contribution in [0, 0.1) is 0 Å². The van der Waals surface area contributed by atoms with Crippen molar-refractivity contribution in [3.63, 3.8) is 0 Å². The van der Waals surface area contributed by atoms with Gasteiger partial charge in [0.25, 0.3) is 0 Å². The molecule has 0 spiro atoms. The third kappa shape index (κ3) is 4.21. The van der Waals surface area contributed by atoms with Crippen molar-refractivity contribution in [2.45, 2.75) is 31.2 Å². The summed E-state index contributed by atoms with van der Waals surface area (Å²) in [5.41, 5.74) is -5.20. The topological polar surface area (TPSA) is 52.8 Å². The van der Waals surface area contributed by atoms with Crippen LogP contribution in [0.3, 0.4) is 0 Å². The number of ether oxygens (including phenoxy) is 1. The zero-order chi connectivity index (χ0) is 22.2. The van der Waals surface area contributed by atoms with Crippen LogP contribution in [-0.2, 0) is 11.8 Å². The van der Waals surface area contributed by atoms with Gasteiger partial charge in [-0.2, -0.15) is 18.0 Å². The first kappa shape index (κ1) is 21.5. The van der Waals surface area contributed by atoms with E-state index in [-0.39, 0.29) is 5.56 Å². The minimum Gasteiger partial charge on any atom is -0.406 e. The molecule has 0 aliphatic heterocycles. The van der Waals surface area contributed by atoms with Gasteiger partial charge in [-0.3, -0.25) is 0 Å². The maximum atomic E-state index is 16.6. The number of halogens is 7. The van der Waals surface area contributed by atoms with Gasteiger partial charge in [-0.1, -0.05) is 30.3 Å². The summed E-state index contributed by atoms with van der Waals surface area (Å²) in [4.78, 5) is 0.785. The standard InChI is InChI=1S/C18H13F7N4O/c1-11(29-27-10-26-28-29)16(19,14-4-2-3-5-15(14)17(20,21)22)12-6-8-13(9-7-12)30-18(23,24)25/h2-11H,1H3. The molecular formula is C18H13F7N4O. The first-order valence-electron chi connectivity index (χ1n) is 8.37. The van der Waals surface area contributed by atoms with Crippen molar-refractivity contribution in [2.24, 2.45) is 0 Å². The number of aromatic nitrogens is 4. The predicted octanol–water partition coefficient (Wildman–Crippen LogP) is 5.06. The molecule has 2 atom stereocenters. The van der Waals surface area contributed by atoms with E-state index in [0.717, 1.165) is 47.5 Å². The van der Waals surface area contributed by atoms with Gasteiger partial charge in [0.05, 0.1) is 5.56 Å². The molecule has 0 N–H and O–H groups in total. The molecule has 30 heavy (non-hydrogen) atoms. The van der Waals surface area contributed by atoms with Crippen molar-refractivity contribution in [1.82, 2.24) is 20.2 Å². The van der Waals surface area contributed by atoms with Crippen molar-refractivity contribution in [3.05, 3.63) is 71.5 Å². The van der Waals surface area contributed by atoms with Crippen LogP contribution < -0.4 is 4.74 Å². The summed E-state index contributed by atoms with van der Waals surface area (Å²) >= 11 is 0. The van der Waals surface area contributed by atoms with Gasteiger partial charge in [0.1, 0.15) is 11.8 Å². The largest absolute Gasteiger partial charge is 0.573 e. The lowest BCUT2D eigenvalue weighted by molar-refractivity contribution is -0.274. The molecule has 160 valence electrons. The van der Waals surface area contributed by atoms with Crippen LogP contribution in [0.15, 0.2) is 54.9 Å². The molecule has 1 heterocycles. The van der Waals surface area contributed by atoms with Gasteiger partial charge in [0, 0.05) is 5.56 Å². The van der Waals surface area contributed by atoms with Crippen LogP contribution in [0.2, 0.25) is 0 Å². The Kier molecular flexibility index (Phi) is 5.44. The van der Waals surface area contributed by atoms with Gasteiger partial charge in [-0.05, 0) is 35.9 Å². The highest BCUT2D eigenvalue weighted by Gasteiger charge is 2.48. The first-order chi connectivity index (χ1) is 13.9. The molecule has 2 aromatic carbocycles.